The highest BCUT2D eigenvalue weighted by Gasteiger charge is 2.08. The van der Waals surface area contributed by atoms with Crippen LogP contribution in [0.2, 0.25) is 0 Å². The second-order valence-electron chi connectivity index (χ2n) is 4.30. The number of carbonyl (C=O) groups excluding carboxylic acids is 1. The van der Waals surface area contributed by atoms with Gasteiger partial charge in [0.25, 0.3) is 0 Å². The van der Waals surface area contributed by atoms with Crippen molar-refractivity contribution in [2.24, 2.45) is 0 Å². The van der Waals surface area contributed by atoms with E-state index in [1.165, 1.54) is 12.1 Å². The van der Waals surface area contributed by atoms with Gasteiger partial charge in [0, 0.05) is 12.0 Å². The van der Waals surface area contributed by atoms with Crippen LogP contribution in [0.15, 0.2) is 48.5 Å². The van der Waals surface area contributed by atoms with Crippen LogP contribution in [0, 0.1) is 12.7 Å². The highest BCUT2D eigenvalue weighted by atomic mass is 19.1. The summed E-state index contributed by atoms with van der Waals surface area (Å²) in [6.07, 6.45) is 0.278. The predicted molar refractivity (Wildman–Crippen MR) is 72.0 cm³/mol. The smallest absolute Gasteiger partial charge is 0.166 e. The minimum Gasteiger partial charge on any atom is -0.493 e. The molecule has 98 valence electrons. The van der Waals surface area contributed by atoms with Gasteiger partial charge >= 0.3 is 0 Å². The maximum absolute atomic E-state index is 13.1. The molecule has 0 aromatic heterocycles. The Balaban J connectivity index is 1.89. The summed E-state index contributed by atoms with van der Waals surface area (Å²) in [5.41, 5.74) is 1.00. The second-order valence-corrected chi connectivity index (χ2v) is 4.30. The van der Waals surface area contributed by atoms with Crippen LogP contribution in [0.4, 0.5) is 4.39 Å². The Bertz CT molecular complexity index is 564. The molecule has 0 N–H and O–H groups in total. The molecule has 0 heterocycles. The van der Waals surface area contributed by atoms with E-state index >= 15 is 0 Å². The lowest BCUT2D eigenvalue weighted by Gasteiger charge is -2.06. The van der Waals surface area contributed by atoms with E-state index in [-0.39, 0.29) is 18.0 Å². The predicted octanol–water partition coefficient (Wildman–Crippen LogP) is 3.79. The largest absolute Gasteiger partial charge is 0.493 e. The van der Waals surface area contributed by atoms with Gasteiger partial charge in [-0.1, -0.05) is 18.2 Å². The Morgan fingerprint density at radius 2 is 1.89 bits per heavy atom. The third kappa shape index (κ3) is 3.65. The van der Waals surface area contributed by atoms with Crippen molar-refractivity contribution < 1.29 is 13.9 Å². The van der Waals surface area contributed by atoms with E-state index in [1.54, 1.807) is 13.0 Å². The van der Waals surface area contributed by atoms with Crippen molar-refractivity contribution in [3.8, 4) is 5.75 Å². The number of Topliss-reactive ketones (excluding diaryl/α,β-unsaturated/α-hetero) is 1. The number of rotatable bonds is 5. The Labute approximate surface area is 111 Å². The van der Waals surface area contributed by atoms with E-state index in [2.05, 4.69) is 0 Å². The topological polar surface area (TPSA) is 26.3 Å². The molecule has 19 heavy (non-hydrogen) atoms. The maximum atomic E-state index is 13.1. The molecule has 0 aliphatic rings. The number of carbonyl (C=O) groups is 1. The van der Waals surface area contributed by atoms with Crippen LogP contribution < -0.4 is 4.74 Å². The summed E-state index contributed by atoms with van der Waals surface area (Å²) >= 11 is 0. The zero-order valence-electron chi connectivity index (χ0n) is 10.7. The van der Waals surface area contributed by atoms with Crippen LogP contribution >= 0.6 is 0 Å². The maximum Gasteiger partial charge on any atom is 0.166 e. The molecular weight excluding hydrogens is 243 g/mol. The lowest BCUT2D eigenvalue weighted by Crippen LogP contribution is -2.07. The van der Waals surface area contributed by atoms with Crippen LogP contribution in [0.1, 0.15) is 22.3 Å². The van der Waals surface area contributed by atoms with Gasteiger partial charge in [0.1, 0.15) is 11.6 Å². The number of ether oxygens (including phenoxy) is 1. The number of halogens is 1. The molecule has 2 aromatic carbocycles. The van der Waals surface area contributed by atoms with Crippen LogP contribution in [-0.2, 0) is 0 Å². The normalized spacial score (nSPS) is 10.2. The van der Waals surface area contributed by atoms with Crippen molar-refractivity contribution >= 4 is 5.78 Å². The highest BCUT2D eigenvalue weighted by Crippen LogP contribution is 2.12. The van der Waals surface area contributed by atoms with Crippen molar-refractivity contribution in [1.29, 1.82) is 0 Å². The average molecular weight is 258 g/mol. The molecule has 0 bridgehead atoms. The van der Waals surface area contributed by atoms with E-state index < -0.39 is 0 Å². The van der Waals surface area contributed by atoms with Crippen molar-refractivity contribution in [3.05, 3.63) is 65.5 Å². The average Bonchev–Trinajstić information content (AvgIpc) is 2.43. The minimum absolute atomic E-state index is 0.0426. The molecule has 2 rings (SSSR count). The molecule has 0 unspecified atom stereocenters. The second kappa shape index (κ2) is 6.14. The zero-order chi connectivity index (χ0) is 13.7. The quantitative estimate of drug-likeness (QED) is 0.763. The summed E-state index contributed by atoms with van der Waals surface area (Å²) in [7, 11) is 0. The fourth-order valence-electron chi connectivity index (χ4n) is 1.74. The molecule has 2 aromatic rings. The van der Waals surface area contributed by atoms with E-state index in [0.29, 0.717) is 17.7 Å². The summed E-state index contributed by atoms with van der Waals surface area (Å²) < 4.78 is 18.6. The van der Waals surface area contributed by atoms with E-state index in [4.69, 9.17) is 4.74 Å². The number of para-hydroxylation sites is 1. The van der Waals surface area contributed by atoms with Gasteiger partial charge in [0.05, 0.1) is 6.61 Å². The van der Waals surface area contributed by atoms with Gasteiger partial charge in [-0.05, 0) is 42.8 Å². The molecule has 0 fully saturated rings. The van der Waals surface area contributed by atoms with Crippen molar-refractivity contribution in [3.63, 3.8) is 0 Å². The summed E-state index contributed by atoms with van der Waals surface area (Å²) in [5, 5.41) is 0. The van der Waals surface area contributed by atoms with Gasteiger partial charge < -0.3 is 4.74 Å². The molecule has 2 nitrogen and oxygen atoms in total. The van der Waals surface area contributed by atoms with Gasteiger partial charge in [0.15, 0.2) is 5.78 Å². The summed E-state index contributed by atoms with van der Waals surface area (Å²) in [6.45, 7) is 1.96. The lowest BCUT2D eigenvalue weighted by atomic mass is 10.1. The van der Waals surface area contributed by atoms with Crippen LogP contribution in [0.3, 0.4) is 0 Å². The summed E-state index contributed by atoms with van der Waals surface area (Å²) in [5.74, 6) is 0.404. The van der Waals surface area contributed by atoms with Crippen LogP contribution in [0.5, 0.6) is 5.75 Å². The van der Waals surface area contributed by atoms with Gasteiger partial charge in [-0.25, -0.2) is 4.39 Å². The first-order valence-corrected chi connectivity index (χ1v) is 6.14. The molecule has 0 amide bonds. The fraction of sp³-hybridized carbons (Fsp3) is 0.188. The van der Waals surface area contributed by atoms with Crippen molar-refractivity contribution in [2.45, 2.75) is 13.3 Å². The Hall–Kier alpha value is -2.16. The Morgan fingerprint density at radius 3 is 2.58 bits per heavy atom. The molecule has 3 heteroatoms. The molecule has 0 saturated carbocycles. The number of aryl methyl sites for hydroxylation is 1. The summed E-state index contributed by atoms with van der Waals surface area (Å²) in [4.78, 5) is 11.9. The van der Waals surface area contributed by atoms with Gasteiger partial charge in [-0.15, -0.1) is 0 Å². The van der Waals surface area contributed by atoms with Gasteiger partial charge in [-0.2, -0.15) is 0 Å². The molecule has 0 atom stereocenters. The van der Waals surface area contributed by atoms with Crippen LogP contribution in [-0.4, -0.2) is 12.4 Å². The standard InChI is InChI=1S/C16H15FO2/c1-12-11-13(7-8-15(12)17)16(18)9-10-19-14-5-3-2-4-6-14/h2-8,11H,9-10H2,1H3. The van der Waals surface area contributed by atoms with Crippen molar-refractivity contribution in [1.82, 2.24) is 0 Å². The molecule has 0 spiro atoms. The highest BCUT2D eigenvalue weighted by molar-refractivity contribution is 5.96. The minimum atomic E-state index is -0.294. The first-order chi connectivity index (χ1) is 9.16. The monoisotopic (exact) mass is 258 g/mol. The number of ketones is 1. The number of hydrogen-bond acceptors (Lipinski definition) is 2. The third-order valence-electron chi connectivity index (χ3n) is 2.82. The fourth-order valence-corrected chi connectivity index (χ4v) is 1.74. The van der Waals surface area contributed by atoms with E-state index in [9.17, 15) is 9.18 Å². The summed E-state index contributed by atoms with van der Waals surface area (Å²) in [6, 6.07) is 13.7. The number of hydrogen-bond donors (Lipinski definition) is 0. The van der Waals surface area contributed by atoms with E-state index in [1.807, 2.05) is 30.3 Å². The first kappa shape index (κ1) is 13.3. The Morgan fingerprint density at radius 1 is 1.16 bits per heavy atom. The first-order valence-electron chi connectivity index (χ1n) is 6.14. The molecule has 0 aliphatic heterocycles. The lowest BCUT2D eigenvalue weighted by molar-refractivity contribution is 0.0962. The third-order valence-corrected chi connectivity index (χ3v) is 2.82. The van der Waals surface area contributed by atoms with Crippen LogP contribution in [0.25, 0.3) is 0 Å². The molecule has 0 radical (unpaired) electrons. The molecule has 0 saturated heterocycles. The zero-order valence-corrected chi connectivity index (χ0v) is 10.7. The van der Waals surface area contributed by atoms with Gasteiger partial charge in [-0.3, -0.25) is 4.79 Å². The van der Waals surface area contributed by atoms with E-state index in [0.717, 1.165) is 5.75 Å². The van der Waals surface area contributed by atoms with Crippen molar-refractivity contribution in [2.75, 3.05) is 6.61 Å². The SMILES string of the molecule is Cc1cc(C(=O)CCOc2ccccc2)ccc1F. The number of benzene rings is 2. The Kier molecular flexibility index (Phi) is 4.29. The molecular formula is C16H15FO2. The molecule has 0 aliphatic carbocycles. The van der Waals surface area contributed by atoms with Gasteiger partial charge in [0.2, 0.25) is 0 Å².